The number of rotatable bonds is 2. The van der Waals surface area contributed by atoms with Crippen LogP contribution in [0.25, 0.3) is 0 Å². The second-order valence-corrected chi connectivity index (χ2v) is 3.77. The molecule has 0 radical (unpaired) electrons. The summed E-state index contributed by atoms with van der Waals surface area (Å²) in [5, 5.41) is 0. The first-order chi connectivity index (χ1) is 4.56. The van der Waals surface area contributed by atoms with E-state index >= 15 is 0 Å². The molecule has 1 aliphatic rings. The van der Waals surface area contributed by atoms with Crippen LogP contribution in [0.5, 0.6) is 0 Å². The third kappa shape index (κ3) is 1.59. The Kier molecular flexibility index (Phi) is 1.84. The van der Waals surface area contributed by atoms with Gasteiger partial charge in [0.15, 0.2) is 0 Å². The summed E-state index contributed by atoms with van der Waals surface area (Å²) in [6.07, 6.45) is 3.48. The standard InChI is InChI=1S/C9H15F/c1-4-8(10)5-7-6-9(7,2)3/h5,7H,4,6H2,1-3H3/b8-5+. The molecule has 0 heterocycles. The zero-order valence-electron chi connectivity index (χ0n) is 6.95. The Morgan fingerprint density at radius 1 is 1.70 bits per heavy atom. The van der Waals surface area contributed by atoms with Crippen molar-refractivity contribution in [1.82, 2.24) is 0 Å². The number of halogens is 1. The molecule has 1 rings (SSSR count). The molecule has 1 atom stereocenters. The molecule has 0 aliphatic heterocycles. The van der Waals surface area contributed by atoms with Crippen LogP contribution in [0, 0.1) is 11.3 Å². The number of allylic oxidation sites excluding steroid dienone is 2. The van der Waals surface area contributed by atoms with E-state index in [-0.39, 0.29) is 5.83 Å². The summed E-state index contributed by atoms with van der Waals surface area (Å²) in [5.74, 6) is 0.558. The summed E-state index contributed by atoms with van der Waals surface area (Å²) in [7, 11) is 0. The smallest absolute Gasteiger partial charge is 0.0960 e. The molecule has 1 unspecified atom stereocenters. The van der Waals surface area contributed by atoms with E-state index in [0.29, 0.717) is 17.8 Å². The molecule has 0 aromatic rings. The fourth-order valence-electron chi connectivity index (χ4n) is 1.13. The Bertz CT molecular complexity index is 156. The van der Waals surface area contributed by atoms with E-state index < -0.39 is 0 Å². The van der Waals surface area contributed by atoms with Gasteiger partial charge in [0, 0.05) is 0 Å². The first-order valence-electron chi connectivity index (χ1n) is 3.92. The van der Waals surface area contributed by atoms with Gasteiger partial charge in [0.2, 0.25) is 0 Å². The molecule has 58 valence electrons. The Morgan fingerprint density at radius 2 is 2.20 bits per heavy atom. The summed E-state index contributed by atoms with van der Waals surface area (Å²) in [5.41, 5.74) is 0.381. The summed E-state index contributed by atoms with van der Waals surface area (Å²) in [6, 6.07) is 0. The quantitative estimate of drug-likeness (QED) is 0.555. The van der Waals surface area contributed by atoms with Crippen molar-refractivity contribution in [3.63, 3.8) is 0 Å². The molecule has 10 heavy (non-hydrogen) atoms. The highest BCUT2D eigenvalue weighted by Crippen LogP contribution is 2.52. The minimum absolute atomic E-state index is 0.0515. The predicted molar refractivity (Wildman–Crippen MR) is 41.4 cm³/mol. The molecule has 0 aromatic heterocycles. The summed E-state index contributed by atoms with van der Waals surface area (Å²) in [4.78, 5) is 0. The van der Waals surface area contributed by atoms with Gasteiger partial charge in [-0.2, -0.15) is 0 Å². The maximum absolute atomic E-state index is 12.6. The van der Waals surface area contributed by atoms with Crippen LogP contribution >= 0.6 is 0 Å². The molecule has 0 amide bonds. The van der Waals surface area contributed by atoms with Crippen LogP contribution in [0.3, 0.4) is 0 Å². The maximum atomic E-state index is 12.6. The van der Waals surface area contributed by atoms with Crippen molar-refractivity contribution in [2.24, 2.45) is 11.3 Å². The van der Waals surface area contributed by atoms with Crippen LogP contribution in [-0.4, -0.2) is 0 Å². The average molecular weight is 142 g/mol. The fourth-order valence-corrected chi connectivity index (χ4v) is 1.13. The molecule has 0 N–H and O–H groups in total. The topological polar surface area (TPSA) is 0 Å². The zero-order valence-corrected chi connectivity index (χ0v) is 6.95. The molecular formula is C9H15F. The van der Waals surface area contributed by atoms with E-state index in [2.05, 4.69) is 13.8 Å². The second kappa shape index (κ2) is 2.37. The van der Waals surface area contributed by atoms with Gasteiger partial charge in [-0.15, -0.1) is 0 Å². The predicted octanol–water partition coefficient (Wildman–Crippen LogP) is 3.30. The van der Waals surface area contributed by atoms with E-state index in [4.69, 9.17) is 0 Å². The van der Waals surface area contributed by atoms with Crippen LogP contribution < -0.4 is 0 Å². The first-order valence-corrected chi connectivity index (χ1v) is 3.92. The van der Waals surface area contributed by atoms with E-state index in [9.17, 15) is 4.39 Å². The lowest BCUT2D eigenvalue weighted by molar-refractivity contribution is 0.569. The number of hydrogen-bond donors (Lipinski definition) is 0. The van der Waals surface area contributed by atoms with E-state index in [1.807, 2.05) is 6.92 Å². The van der Waals surface area contributed by atoms with Crippen LogP contribution in [-0.2, 0) is 0 Å². The third-order valence-corrected chi connectivity index (χ3v) is 2.31. The maximum Gasteiger partial charge on any atom is 0.0960 e. The van der Waals surface area contributed by atoms with Crippen molar-refractivity contribution < 1.29 is 4.39 Å². The van der Waals surface area contributed by atoms with E-state index in [1.165, 1.54) is 0 Å². The van der Waals surface area contributed by atoms with Crippen LogP contribution in [0.2, 0.25) is 0 Å². The van der Waals surface area contributed by atoms with Gasteiger partial charge in [-0.05, 0) is 30.3 Å². The van der Waals surface area contributed by atoms with Crippen molar-refractivity contribution in [2.75, 3.05) is 0 Å². The van der Waals surface area contributed by atoms with Gasteiger partial charge in [-0.3, -0.25) is 0 Å². The van der Waals surface area contributed by atoms with Gasteiger partial charge in [0.05, 0.1) is 5.83 Å². The van der Waals surface area contributed by atoms with Crippen molar-refractivity contribution in [2.45, 2.75) is 33.6 Å². The van der Waals surface area contributed by atoms with Gasteiger partial charge < -0.3 is 0 Å². The largest absolute Gasteiger partial charge is 0.212 e. The zero-order chi connectivity index (χ0) is 7.78. The van der Waals surface area contributed by atoms with Crippen LogP contribution in [0.15, 0.2) is 11.9 Å². The van der Waals surface area contributed by atoms with Gasteiger partial charge in [-0.1, -0.05) is 20.8 Å². The Morgan fingerprint density at radius 3 is 2.50 bits per heavy atom. The van der Waals surface area contributed by atoms with E-state index in [1.54, 1.807) is 6.08 Å². The first kappa shape index (κ1) is 7.77. The highest BCUT2D eigenvalue weighted by molar-refractivity contribution is 5.10. The van der Waals surface area contributed by atoms with Crippen molar-refractivity contribution in [3.8, 4) is 0 Å². The minimum atomic E-state index is 0.0515. The van der Waals surface area contributed by atoms with Gasteiger partial charge in [-0.25, -0.2) is 4.39 Å². The molecule has 0 aromatic carbocycles. The van der Waals surface area contributed by atoms with E-state index in [0.717, 1.165) is 6.42 Å². The summed E-state index contributed by atoms with van der Waals surface area (Å²) >= 11 is 0. The Balaban J connectivity index is 2.42. The summed E-state index contributed by atoms with van der Waals surface area (Å²) < 4.78 is 12.6. The van der Waals surface area contributed by atoms with Crippen molar-refractivity contribution in [1.29, 1.82) is 0 Å². The molecule has 1 fully saturated rings. The lowest BCUT2D eigenvalue weighted by atomic mass is 10.1. The van der Waals surface area contributed by atoms with Crippen LogP contribution in [0.1, 0.15) is 33.6 Å². The molecule has 0 nitrogen and oxygen atoms in total. The Hall–Kier alpha value is -0.330. The van der Waals surface area contributed by atoms with Crippen LogP contribution in [0.4, 0.5) is 4.39 Å². The molecule has 1 aliphatic carbocycles. The highest BCUT2D eigenvalue weighted by atomic mass is 19.1. The minimum Gasteiger partial charge on any atom is -0.212 e. The normalized spacial score (nSPS) is 30.4. The van der Waals surface area contributed by atoms with Gasteiger partial charge in [0.1, 0.15) is 0 Å². The Labute approximate surface area is 62.1 Å². The van der Waals surface area contributed by atoms with Crippen molar-refractivity contribution >= 4 is 0 Å². The molecule has 0 spiro atoms. The monoisotopic (exact) mass is 142 g/mol. The van der Waals surface area contributed by atoms with Gasteiger partial charge >= 0.3 is 0 Å². The van der Waals surface area contributed by atoms with Crippen molar-refractivity contribution in [3.05, 3.63) is 11.9 Å². The SMILES string of the molecule is CC/C(F)=C\C1CC1(C)C. The fraction of sp³-hybridized carbons (Fsp3) is 0.778. The second-order valence-electron chi connectivity index (χ2n) is 3.77. The molecule has 1 heteroatoms. The molecule has 0 bridgehead atoms. The third-order valence-electron chi connectivity index (χ3n) is 2.31. The lowest BCUT2D eigenvalue weighted by Gasteiger charge is -1.96. The summed E-state index contributed by atoms with van der Waals surface area (Å²) in [6.45, 7) is 6.20. The lowest BCUT2D eigenvalue weighted by Crippen LogP contribution is -1.86. The number of hydrogen-bond acceptors (Lipinski definition) is 0. The highest BCUT2D eigenvalue weighted by Gasteiger charge is 2.43. The average Bonchev–Trinajstić information content (AvgIpc) is 2.40. The van der Waals surface area contributed by atoms with Gasteiger partial charge in [0.25, 0.3) is 0 Å². The molecular weight excluding hydrogens is 127 g/mol. The molecule has 0 saturated heterocycles. The molecule has 1 saturated carbocycles.